The Labute approximate surface area is 182 Å². The van der Waals surface area contributed by atoms with E-state index in [2.05, 4.69) is 29.0 Å². The lowest BCUT2D eigenvalue weighted by molar-refractivity contribution is -0.119. The van der Waals surface area contributed by atoms with Gasteiger partial charge in [0.05, 0.1) is 5.56 Å². The summed E-state index contributed by atoms with van der Waals surface area (Å²) in [5, 5.41) is 3.86. The Morgan fingerprint density at radius 1 is 1.03 bits per heavy atom. The molecule has 1 heterocycles. The Hall–Kier alpha value is -3.28. The van der Waals surface area contributed by atoms with Crippen molar-refractivity contribution in [1.82, 2.24) is 4.98 Å². The van der Waals surface area contributed by atoms with E-state index < -0.39 is 5.97 Å². The van der Waals surface area contributed by atoms with Crippen molar-refractivity contribution < 1.29 is 14.3 Å². The number of esters is 1. The van der Waals surface area contributed by atoms with Gasteiger partial charge >= 0.3 is 5.97 Å². The molecule has 0 aliphatic heterocycles. The van der Waals surface area contributed by atoms with Crippen molar-refractivity contribution in [3.63, 3.8) is 0 Å². The number of anilines is 2. The van der Waals surface area contributed by atoms with Crippen LogP contribution in [-0.2, 0) is 22.4 Å². The molecule has 0 bridgehead atoms. The van der Waals surface area contributed by atoms with Gasteiger partial charge in [0.1, 0.15) is 0 Å². The molecule has 1 aliphatic rings. The van der Waals surface area contributed by atoms with Crippen LogP contribution in [0.5, 0.6) is 0 Å². The van der Waals surface area contributed by atoms with Gasteiger partial charge in [0.25, 0.3) is 5.91 Å². The van der Waals surface area contributed by atoms with Crippen LogP contribution < -0.4 is 10.2 Å². The molecule has 0 atom stereocenters. The Morgan fingerprint density at radius 2 is 1.77 bits per heavy atom. The number of hydrogen-bond acceptors (Lipinski definition) is 4. The van der Waals surface area contributed by atoms with Crippen molar-refractivity contribution in [3.05, 3.63) is 59.3 Å². The van der Waals surface area contributed by atoms with Gasteiger partial charge in [-0.2, -0.15) is 0 Å². The molecule has 6 heteroatoms. The number of benzene rings is 2. The van der Waals surface area contributed by atoms with Crippen molar-refractivity contribution in [3.8, 4) is 0 Å². The second-order valence-electron chi connectivity index (χ2n) is 7.89. The van der Waals surface area contributed by atoms with E-state index >= 15 is 0 Å². The van der Waals surface area contributed by atoms with Crippen molar-refractivity contribution in [1.29, 1.82) is 0 Å². The minimum absolute atomic E-state index is 0.320. The van der Waals surface area contributed by atoms with Gasteiger partial charge in [-0.05, 0) is 87.6 Å². The Bertz CT molecular complexity index is 1080. The van der Waals surface area contributed by atoms with Crippen LogP contribution in [0, 0.1) is 0 Å². The second-order valence-corrected chi connectivity index (χ2v) is 7.89. The SMILES string of the molecule is CCN(CC)c1ccc(NC(=O)COC(=O)c2ccc3[nH]c4c(c3c2)CCCC4)cc1. The largest absolute Gasteiger partial charge is 0.452 e. The summed E-state index contributed by atoms with van der Waals surface area (Å²) < 4.78 is 5.26. The van der Waals surface area contributed by atoms with Gasteiger partial charge in [0.2, 0.25) is 0 Å². The molecular weight excluding hydrogens is 390 g/mol. The fourth-order valence-electron chi connectivity index (χ4n) is 4.29. The highest BCUT2D eigenvalue weighted by atomic mass is 16.5. The minimum Gasteiger partial charge on any atom is -0.452 e. The Morgan fingerprint density at radius 3 is 2.52 bits per heavy atom. The maximum atomic E-state index is 12.5. The monoisotopic (exact) mass is 419 g/mol. The van der Waals surface area contributed by atoms with E-state index in [9.17, 15) is 9.59 Å². The van der Waals surface area contributed by atoms with E-state index in [1.54, 1.807) is 6.07 Å². The molecule has 3 aromatic rings. The summed E-state index contributed by atoms with van der Waals surface area (Å²) in [6, 6.07) is 13.2. The number of ether oxygens (including phenoxy) is 1. The van der Waals surface area contributed by atoms with E-state index in [1.165, 1.54) is 24.1 Å². The predicted molar refractivity (Wildman–Crippen MR) is 124 cm³/mol. The molecule has 0 saturated carbocycles. The molecule has 1 aliphatic carbocycles. The zero-order chi connectivity index (χ0) is 21.8. The molecule has 1 amide bonds. The van der Waals surface area contributed by atoms with Crippen LogP contribution in [0.4, 0.5) is 11.4 Å². The first-order valence-corrected chi connectivity index (χ1v) is 11.0. The molecule has 162 valence electrons. The third-order valence-corrected chi connectivity index (χ3v) is 5.95. The number of nitrogens with one attached hydrogen (secondary N) is 2. The molecule has 0 saturated heterocycles. The average molecular weight is 420 g/mol. The maximum absolute atomic E-state index is 12.5. The average Bonchev–Trinajstić information content (AvgIpc) is 3.17. The summed E-state index contributed by atoms with van der Waals surface area (Å²) in [4.78, 5) is 30.4. The summed E-state index contributed by atoms with van der Waals surface area (Å²) in [5.74, 6) is -0.844. The number of nitrogens with zero attached hydrogens (tertiary/aromatic N) is 1. The van der Waals surface area contributed by atoms with E-state index in [0.29, 0.717) is 11.3 Å². The normalized spacial score (nSPS) is 13.0. The van der Waals surface area contributed by atoms with Crippen LogP contribution in [0.3, 0.4) is 0 Å². The highest BCUT2D eigenvalue weighted by molar-refractivity contribution is 5.98. The number of aryl methyl sites for hydroxylation is 2. The minimum atomic E-state index is -0.486. The third kappa shape index (κ3) is 4.58. The molecule has 1 aromatic heterocycles. The molecule has 0 fully saturated rings. The highest BCUT2D eigenvalue weighted by Crippen LogP contribution is 2.29. The topological polar surface area (TPSA) is 74.4 Å². The molecule has 2 N–H and O–H groups in total. The second kappa shape index (κ2) is 9.25. The van der Waals surface area contributed by atoms with E-state index in [0.717, 1.165) is 42.5 Å². The Kier molecular flexibility index (Phi) is 6.26. The number of carbonyl (C=O) groups excluding carboxylic acids is 2. The van der Waals surface area contributed by atoms with Crippen molar-refractivity contribution >= 4 is 34.2 Å². The molecule has 6 nitrogen and oxygen atoms in total. The van der Waals surface area contributed by atoms with E-state index in [4.69, 9.17) is 4.74 Å². The van der Waals surface area contributed by atoms with Crippen LogP contribution in [0.15, 0.2) is 42.5 Å². The number of rotatable bonds is 7. The first-order valence-electron chi connectivity index (χ1n) is 11.0. The van der Waals surface area contributed by atoms with Gasteiger partial charge in [-0.1, -0.05) is 0 Å². The molecule has 4 rings (SSSR count). The molecule has 0 unspecified atom stereocenters. The van der Waals surface area contributed by atoms with Crippen LogP contribution in [0.1, 0.15) is 48.3 Å². The maximum Gasteiger partial charge on any atom is 0.338 e. The lowest BCUT2D eigenvalue weighted by Gasteiger charge is -2.21. The van der Waals surface area contributed by atoms with Gasteiger partial charge < -0.3 is 19.9 Å². The summed E-state index contributed by atoms with van der Waals surface area (Å²) in [6.45, 7) is 5.75. The summed E-state index contributed by atoms with van der Waals surface area (Å²) in [5.41, 5.74) is 5.89. The summed E-state index contributed by atoms with van der Waals surface area (Å²) in [7, 11) is 0. The van der Waals surface area contributed by atoms with Gasteiger partial charge in [-0.3, -0.25) is 4.79 Å². The van der Waals surface area contributed by atoms with E-state index in [1.807, 2.05) is 36.4 Å². The van der Waals surface area contributed by atoms with Crippen molar-refractivity contribution in [2.24, 2.45) is 0 Å². The lowest BCUT2D eigenvalue weighted by Crippen LogP contribution is -2.22. The molecule has 31 heavy (non-hydrogen) atoms. The predicted octanol–water partition coefficient (Wildman–Crippen LogP) is 4.69. The van der Waals surface area contributed by atoms with Crippen molar-refractivity contribution in [2.45, 2.75) is 39.5 Å². The van der Waals surface area contributed by atoms with Gasteiger partial charge in [0.15, 0.2) is 6.61 Å². The number of carbonyl (C=O) groups is 2. The van der Waals surface area contributed by atoms with Gasteiger partial charge in [-0.15, -0.1) is 0 Å². The zero-order valence-electron chi connectivity index (χ0n) is 18.2. The fraction of sp³-hybridized carbons (Fsp3) is 0.360. The van der Waals surface area contributed by atoms with Gasteiger partial charge in [0, 0.05) is 41.1 Å². The first kappa shape index (κ1) is 21.0. The number of fused-ring (bicyclic) bond motifs is 3. The van der Waals surface area contributed by atoms with Crippen LogP contribution in [-0.4, -0.2) is 36.6 Å². The molecule has 0 spiro atoms. The lowest BCUT2D eigenvalue weighted by atomic mass is 9.95. The molecule has 2 aromatic carbocycles. The third-order valence-electron chi connectivity index (χ3n) is 5.95. The van der Waals surface area contributed by atoms with E-state index in [-0.39, 0.29) is 12.5 Å². The van der Waals surface area contributed by atoms with Crippen LogP contribution >= 0.6 is 0 Å². The smallest absolute Gasteiger partial charge is 0.338 e. The van der Waals surface area contributed by atoms with Gasteiger partial charge in [-0.25, -0.2) is 4.79 Å². The van der Waals surface area contributed by atoms with Crippen molar-refractivity contribution in [2.75, 3.05) is 29.9 Å². The molecular formula is C25H29N3O3. The summed E-state index contributed by atoms with van der Waals surface area (Å²) in [6.07, 6.45) is 4.45. The number of hydrogen-bond donors (Lipinski definition) is 2. The number of aromatic amines is 1. The van der Waals surface area contributed by atoms with Crippen LogP contribution in [0.2, 0.25) is 0 Å². The summed E-state index contributed by atoms with van der Waals surface area (Å²) >= 11 is 0. The first-order chi connectivity index (χ1) is 15.1. The molecule has 0 radical (unpaired) electrons. The standard InChI is InChI=1S/C25H29N3O3/c1-3-28(4-2)19-12-10-18(11-13-19)26-24(29)16-31-25(30)17-9-14-23-21(15-17)20-7-5-6-8-22(20)27-23/h9-15,27H,3-8,16H2,1-2H3,(H,26,29). The number of H-pyrrole nitrogens is 1. The highest BCUT2D eigenvalue weighted by Gasteiger charge is 2.18. The zero-order valence-corrected chi connectivity index (χ0v) is 18.2. The quantitative estimate of drug-likeness (QED) is 0.545. The fourth-order valence-corrected chi connectivity index (χ4v) is 4.29. The van der Waals surface area contributed by atoms with Crippen LogP contribution in [0.25, 0.3) is 10.9 Å². The Balaban J connectivity index is 1.35. The number of aromatic nitrogens is 1. The number of amides is 1.